The van der Waals surface area contributed by atoms with Crippen molar-refractivity contribution in [2.24, 2.45) is 0 Å². The fraction of sp³-hybridized carbons (Fsp3) is 0.333. The number of H-pyrrole nitrogens is 1. The molecule has 0 amide bonds. The SMILES string of the molecule is Cc1nc(N)sc1S(=O)(=O)NCc1nn[nH]n1. The third kappa shape index (κ3) is 2.57. The van der Waals surface area contributed by atoms with E-state index in [-0.39, 0.29) is 21.7 Å². The summed E-state index contributed by atoms with van der Waals surface area (Å²) in [6.45, 7) is 1.53. The van der Waals surface area contributed by atoms with Crippen LogP contribution in [0.4, 0.5) is 5.13 Å². The summed E-state index contributed by atoms with van der Waals surface area (Å²) in [5.41, 5.74) is 5.81. The number of nitrogens with one attached hydrogen (secondary N) is 2. The minimum atomic E-state index is -3.64. The van der Waals surface area contributed by atoms with Crippen molar-refractivity contribution in [3.8, 4) is 0 Å². The number of aromatic amines is 1. The Balaban J connectivity index is 2.17. The number of aromatic nitrogens is 5. The molecule has 2 aromatic heterocycles. The molecule has 9 nitrogen and oxygen atoms in total. The zero-order chi connectivity index (χ0) is 12.5. The van der Waals surface area contributed by atoms with Crippen molar-refractivity contribution in [3.05, 3.63) is 11.5 Å². The van der Waals surface area contributed by atoms with Crippen LogP contribution in [-0.4, -0.2) is 34.0 Å². The zero-order valence-electron chi connectivity index (χ0n) is 8.71. The van der Waals surface area contributed by atoms with Crippen LogP contribution in [0.3, 0.4) is 0 Å². The Hall–Kier alpha value is -1.59. The van der Waals surface area contributed by atoms with Crippen LogP contribution in [0.25, 0.3) is 0 Å². The Morgan fingerprint density at radius 1 is 1.53 bits per heavy atom. The van der Waals surface area contributed by atoms with Gasteiger partial charge in [0.25, 0.3) is 10.0 Å². The van der Waals surface area contributed by atoms with Crippen molar-refractivity contribution >= 4 is 26.5 Å². The third-order valence-electron chi connectivity index (χ3n) is 1.82. The van der Waals surface area contributed by atoms with E-state index in [1.54, 1.807) is 6.92 Å². The van der Waals surface area contributed by atoms with Crippen LogP contribution in [-0.2, 0) is 16.6 Å². The van der Waals surface area contributed by atoms with E-state index in [0.717, 1.165) is 11.3 Å². The normalized spacial score (nSPS) is 11.8. The van der Waals surface area contributed by atoms with E-state index in [9.17, 15) is 8.42 Å². The minimum absolute atomic E-state index is 0.0456. The highest BCUT2D eigenvalue weighted by Gasteiger charge is 2.21. The second kappa shape index (κ2) is 4.35. The smallest absolute Gasteiger partial charge is 0.252 e. The van der Waals surface area contributed by atoms with Gasteiger partial charge in [0.05, 0.1) is 12.2 Å². The zero-order valence-corrected chi connectivity index (χ0v) is 10.3. The Morgan fingerprint density at radius 2 is 2.29 bits per heavy atom. The van der Waals surface area contributed by atoms with Gasteiger partial charge in [-0.25, -0.2) is 18.1 Å². The second-order valence-electron chi connectivity index (χ2n) is 3.08. The molecule has 0 aliphatic carbocycles. The maximum absolute atomic E-state index is 11.9. The van der Waals surface area contributed by atoms with Crippen molar-refractivity contribution in [1.82, 2.24) is 30.3 Å². The first-order valence-electron chi connectivity index (χ1n) is 4.44. The van der Waals surface area contributed by atoms with Crippen LogP contribution in [0.5, 0.6) is 0 Å². The lowest BCUT2D eigenvalue weighted by Gasteiger charge is -2.01. The number of hydrogen-bond donors (Lipinski definition) is 3. The van der Waals surface area contributed by atoms with E-state index in [2.05, 4.69) is 30.3 Å². The molecule has 0 radical (unpaired) electrons. The maximum atomic E-state index is 11.9. The lowest BCUT2D eigenvalue weighted by atomic mass is 10.6. The van der Waals surface area contributed by atoms with E-state index in [1.807, 2.05) is 0 Å². The average molecular weight is 275 g/mol. The molecule has 11 heteroatoms. The van der Waals surface area contributed by atoms with Gasteiger partial charge in [-0.05, 0) is 6.92 Å². The molecule has 92 valence electrons. The van der Waals surface area contributed by atoms with E-state index in [0.29, 0.717) is 5.69 Å². The molecule has 0 saturated carbocycles. The highest BCUT2D eigenvalue weighted by Crippen LogP contribution is 2.24. The van der Waals surface area contributed by atoms with Gasteiger partial charge in [0.2, 0.25) is 0 Å². The first-order valence-corrected chi connectivity index (χ1v) is 6.74. The fourth-order valence-electron chi connectivity index (χ4n) is 1.13. The molecule has 0 atom stereocenters. The van der Waals surface area contributed by atoms with Crippen molar-refractivity contribution in [1.29, 1.82) is 0 Å². The first-order chi connectivity index (χ1) is 7.99. The van der Waals surface area contributed by atoms with E-state index in [4.69, 9.17) is 5.73 Å². The molecular formula is C6H9N7O2S2. The van der Waals surface area contributed by atoms with Gasteiger partial charge in [0, 0.05) is 0 Å². The van der Waals surface area contributed by atoms with Crippen LogP contribution >= 0.6 is 11.3 Å². The highest BCUT2D eigenvalue weighted by atomic mass is 32.2. The number of nitrogen functional groups attached to an aromatic ring is 1. The largest absolute Gasteiger partial charge is 0.375 e. The topological polar surface area (TPSA) is 140 Å². The van der Waals surface area contributed by atoms with Gasteiger partial charge < -0.3 is 5.73 Å². The van der Waals surface area contributed by atoms with Crippen molar-refractivity contribution in [2.45, 2.75) is 17.7 Å². The van der Waals surface area contributed by atoms with Crippen molar-refractivity contribution in [2.75, 3.05) is 5.73 Å². The Morgan fingerprint density at radius 3 is 2.82 bits per heavy atom. The molecule has 0 fully saturated rings. The number of tetrazole rings is 1. The number of thiazole rings is 1. The van der Waals surface area contributed by atoms with Crippen molar-refractivity contribution < 1.29 is 8.42 Å². The summed E-state index contributed by atoms with van der Waals surface area (Å²) < 4.78 is 26.2. The standard InChI is InChI=1S/C6H9N7O2S2/c1-3-5(16-6(7)9-3)17(14,15)8-2-4-10-12-13-11-4/h8H,2H2,1H3,(H2,7,9)(H,10,11,12,13). The lowest BCUT2D eigenvalue weighted by molar-refractivity contribution is 0.580. The third-order valence-corrected chi connectivity index (χ3v) is 4.82. The number of sulfonamides is 1. The lowest BCUT2D eigenvalue weighted by Crippen LogP contribution is -2.23. The predicted octanol–water partition coefficient (Wildman–Crippen LogP) is -0.975. The van der Waals surface area contributed by atoms with Crippen molar-refractivity contribution in [3.63, 3.8) is 0 Å². The van der Waals surface area contributed by atoms with Crippen LogP contribution in [0.2, 0.25) is 0 Å². The molecule has 0 aliphatic rings. The quantitative estimate of drug-likeness (QED) is 0.651. The number of anilines is 1. The van der Waals surface area contributed by atoms with Gasteiger partial charge in [-0.2, -0.15) is 5.21 Å². The second-order valence-corrected chi connectivity index (χ2v) is 6.07. The predicted molar refractivity (Wildman–Crippen MR) is 59.5 cm³/mol. The molecule has 2 heterocycles. The minimum Gasteiger partial charge on any atom is -0.375 e. The summed E-state index contributed by atoms with van der Waals surface area (Å²) in [5, 5.41) is 13.0. The van der Waals surface area contributed by atoms with Gasteiger partial charge in [-0.3, -0.25) is 0 Å². The number of rotatable bonds is 4. The molecular weight excluding hydrogens is 266 g/mol. The van der Waals surface area contributed by atoms with Crippen LogP contribution in [0.1, 0.15) is 11.5 Å². The van der Waals surface area contributed by atoms with Crippen LogP contribution in [0, 0.1) is 6.92 Å². The summed E-state index contributed by atoms with van der Waals surface area (Å²) in [5.74, 6) is 0.253. The molecule has 0 saturated heterocycles. The molecule has 0 bridgehead atoms. The molecule has 2 rings (SSSR count). The molecule has 0 aliphatic heterocycles. The van der Waals surface area contributed by atoms with Gasteiger partial charge in [-0.1, -0.05) is 16.6 Å². The molecule has 4 N–H and O–H groups in total. The summed E-state index contributed by atoms with van der Waals surface area (Å²) in [7, 11) is -3.64. The van der Waals surface area contributed by atoms with E-state index < -0.39 is 10.0 Å². The maximum Gasteiger partial charge on any atom is 0.252 e. The van der Waals surface area contributed by atoms with Crippen LogP contribution in [0.15, 0.2) is 4.21 Å². The molecule has 0 unspecified atom stereocenters. The Labute approximate surface area is 101 Å². The van der Waals surface area contributed by atoms with Gasteiger partial charge in [0.1, 0.15) is 0 Å². The molecule has 0 spiro atoms. The summed E-state index contributed by atoms with van der Waals surface area (Å²) in [4.78, 5) is 3.85. The van der Waals surface area contributed by atoms with Gasteiger partial charge in [0.15, 0.2) is 15.2 Å². The number of hydrogen-bond acceptors (Lipinski definition) is 8. The van der Waals surface area contributed by atoms with Crippen LogP contribution < -0.4 is 10.5 Å². The number of aryl methyl sites for hydroxylation is 1. The fourth-order valence-corrected chi connectivity index (χ4v) is 3.46. The highest BCUT2D eigenvalue weighted by molar-refractivity contribution is 7.91. The van der Waals surface area contributed by atoms with Gasteiger partial charge >= 0.3 is 0 Å². The molecule has 2 aromatic rings. The Bertz CT molecular complexity index is 602. The molecule has 17 heavy (non-hydrogen) atoms. The summed E-state index contributed by atoms with van der Waals surface area (Å²) >= 11 is 0.910. The monoisotopic (exact) mass is 275 g/mol. The number of nitrogens with two attached hydrogens (primary N) is 1. The van der Waals surface area contributed by atoms with E-state index >= 15 is 0 Å². The average Bonchev–Trinajstić information content (AvgIpc) is 2.85. The van der Waals surface area contributed by atoms with E-state index in [1.165, 1.54) is 0 Å². The Kier molecular flexibility index (Phi) is 3.04. The summed E-state index contributed by atoms with van der Waals surface area (Å²) in [6.07, 6.45) is 0. The molecule has 0 aromatic carbocycles. The first kappa shape index (κ1) is 11.9. The van der Waals surface area contributed by atoms with Gasteiger partial charge in [-0.15, -0.1) is 10.2 Å². The number of nitrogens with zero attached hydrogens (tertiary/aromatic N) is 4. The summed E-state index contributed by atoms with van der Waals surface area (Å²) in [6, 6.07) is 0.